The standard InChI is InChI=1S/C16H19ClN4O/c1-11(2)7-8-18-16(22)14-9-20-15(10-19-14)21-13-6-4-3-5-12(13)17/h3-6,9-11H,7-8H2,1-2H3,(H,18,22)(H,20,21). The Bertz CT molecular complexity index is 628. The Morgan fingerprint density at radius 3 is 2.64 bits per heavy atom. The number of amides is 1. The van der Waals surface area contributed by atoms with Gasteiger partial charge >= 0.3 is 0 Å². The zero-order valence-electron chi connectivity index (χ0n) is 12.6. The average molecular weight is 319 g/mol. The lowest BCUT2D eigenvalue weighted by Gasteiger charge is -2.08. The summed E-state index contributed by atoms with van der Waals surface area (Å²) in [6.07, 6.45) is 3.90. The highest BCUT2D eigenvalue weighted by Gasteiger charge is 2.08. The quantitative estimate of drug-likeness (QED) is 0.853. The molecule has 0 aliphatic heterocycles. The molecule has 1 heterocycles. The molecule has 0 bridgehead atoms. The molecule has 0 aliphatic rings. The number of carbonyl (C=O) groups excluding carboxylic acids is 1. The van der Waals surface area contributed by atoms with E-state index >= 15 is 0 Å². The van der Waals surface area contributed by atoms with E-state index in [0.29, 0.717) is 29.0 Å². The second-order valence-corrected chi connectivity index (χ2v) is 5.74. The number of anilines is 2. The molecule has 0 aliphatic carbocycles. The first kappa shape index (κ1) is 16.2. The Morgan fingerprint density at radius 2 is 2.00 bits per heavy atom. The van der Waals surface area contributed by atoms with Crippen LogP contribution >= 0.6 is 11.6 Å². The minimum absolute atomic E-state index is 0.211. The summed E-state index contributed by atoms with van der Waals surface area (Å²) in [5.74, 6) is 0.873. The van der Waals surface area contributed by atoms with E-state index in [9.17, 15) is 4.79 Å². The number of benzene rings is 1. The predicted octanol–water partition coefficient (Wildman–Crippen LogP) is 3.65. The Morgan fingerprint density at radius 1 is 1.23 bits per heavy atom. The molecule has 1 aromatic heterocycles. The molecule has 0 saturated heterocycles. The van der Waals surface area contributed by atoms with Crippen LogP contribution in [-0.2, 0) is 0 Å². The van der Waals surface area contributed by atoms with Crippen molar-refractivity contribution in [2.75, 3.05) is 11.9 Å². The van der Waals surface area contributed by atoms with Gasteiger partial charge in [0.15, 0.2) is 0 Å². The number of hydrogen-bond acceptors (Lipinski definition) is 4. The van der Waals surface area contributed by atoms with Crippen LogP contribution in [0.25, 0.3) is 0 Å². The molecule has 0 unspecified atom stereocenters. The molecule has 6 heteroatoms. The fourth-order valence-electron chi connectivity index (χ4n) is 1.78. The van der Waals surface area contributed by atoms with E-state index in [2.05, 4.69) is 34.4 Å². The molecule has 116 valence electrons. The van der Waals surface area contributed by atoms with Crippen molar-refractivity contribution in [3.8, 4) is 0 Å². The first-order chi connectivity index (χ1) is 10.6. The molecule has 0 spiro atoms. The van der Waals surface area contributed by atoms with E-state index in [-0.39, 0.29) is 5.91 Å². The fraction of sp³-hybridized carbons (Fsp3) is 0.312. The number of aromatic nitrogens is 2. The van der Waals surface area contributed by atoms with Gasteiger partial charge in [-0.3, -0.25) is 4.79 Å². The number of nitrogens with one attached hydrogen (secondary N) is 2. The number of halogens is 1. The topological polar surface area (TPSA) is 66.9 Å². The smallest absolute Gasteiger partial charge is 0.271 e. The van der Waals surface area contributed by atoms with Crippen molar-refractivity contribution in [1.29, 1.82) is 0 Å². The third-order valence-corrected chi connectivity index (χ3v) is 3.36. The van der Waals surface area contributed by atoms with E-state index in [1.54, 1.807) is 6.07 Å². The van der Waals surface area contributed by atoms with E-state index in [1.807, 2.05) is 18.2 Å². The third kappa shape index (κ3) is 4.70. The molecule has 0 fully saturated rings. The molecular weight excluding hydrogens is 300 g/mol. The van der Waals surface area contributed by atoms with Crippen LogP contribution in [0.3, 0.4) is 0 Å². The summed E-state index contributed by atoms with van der Waals surface area (Å²) in [6, 6.07) is 7.35. The van der Waals surface area contributed by atoms with E-state index in [0.717, 1.165) is 12.1 Å². The van der Waals surface area contributed by atoms with Gasteiger partial charge in [-0.15, -0.1) is 0 Å². The number of para-hydroxylation sites is 1. The molecular formula is C16H19ClN4O. The Kier molecular flexibility index (Phi) is 5.72. The number of rotatable bonds is 6. The van der Waals surface area contributed by atoms with Crippen LogP contribution in [-0.4, -0.2) is 22.4 Å². The molecule has 5 nitrogen and oxygen atoms in total. The zero-order valence-corrected chi connectivity index (χ0v) is 13.4. The number of carbonyl (C=O) groups is 1. The normalized spacial score (nSPS) is 10.5. The van der Waals surface area contributed by atoms with E-state index in [1.165, 1.54) is 12.4 Å². The molecule has 0 radical (unpaired) electrons. The molecule has 0 saturated carbocycles. The molecule has 2 aromatic rings. The van der Waals surface area contributed by atoms with Gasteiger partial charge in [0, 0.05) is 6.54 Å². The van der Waals surface area contributed by atoms with Crippen LogP contribution in [0.15, 0.2) is 36.7 Å². The highest BCUT2D eigenvalue weighted by molar-refractivity contribution is 6.33. The summed E-state index contributed by atoms with van der Waals surface area (Å²) < 4.78 is 0. The van der Waals surface area contributed by atoms with E-state index in [4.69, 9.17) is 11.6 Å². The predicted molar refractivity (Wildman–Crippen MR) is 88.6 cm³/mol. The van der Waals surface area contributed by atoms with Gasteiger partial charge in [-0.1, -0.05) is 37.6 Å². The van der Waals surface area contributed by atoms with Gasteiger partial charge in [-0.25, -0.2) is 9.97 Å². The molecule has 2 N–H and O–H groups in total. The number of hydrogen-bond donors (Lipinski definition) is 2. The lowest BCUT2D eigenvalue weighted by atomic mass is 10.1. The molecule has 2 rings (SSSR count). The summed E-state index contributed by atoms with van der Waals surface area (Å²) in [6.45, 7) is 4.86. The van der Waals surface area contributed by atoms with Crippen molar-refractivity contribution in [2.24, 2.45) is 5.92 Å². The second kappa shape index (κ2) is 7.75. The fourth-order valence-corrected chi connectivity index (χ4v) is 1.96. The molecule has 1 aromatic carbocycles. The van der Waals surface area contributed by atoms with Gasteiger partial charge in [0.25, 0.3) is 5.91 Å². The summed E-state index contributed by atoms with van der Waals surface area (Å²) >= 11 is 6.06. The monoisotopic (exact) mass is 318 g/mol. The van der Waals surface area contributed by atoms with Crippen molar-refractivity contribution in [3.63, 3.8) is 0 Å². The van der Waals surface area contributed by atoms with Crippen LogP contribution in [0.4, 0.5) is 11.5 Å². The van der Waals surface area contributed by atoms with Crippen molar-refractivity contribution >= 4 is 29.0 Å². The Labute approximate surface area is 135 Å². The van der Waals surface area contributed by atoms with Crippen LogP contribution in [0, 0.1) is 5.92 Å². The zero-order chi connectivity index (χ0) is 15.9. The van der Waals surface area contributed by atoms with Gasteiger partial charge in [0.1, 0.15) is 11.5 Å². The van der Waals surface area contributed by atoms with Crippen molar-refractivity contribution < 1.29 is 4.79 Å². The lowest BCUT2D eigenvalue weighted by molar-refractivity contribution is 0.0946. The minimum Gasteiger partial charge on any atom is -0.351 e. The first-order valence-corrected chi connectivity index (χ1v) is 7.56. The SMILES string of the molecule is CC(C)CCNC(=O)c1cnc(Nc2ccccc2Cl)cn1. The summed E-state index contributed by atoms with van der Waals surface area (Å²) in [7, 11) is 0. The Hall–Kier alpha value is -2.14. The van der Waals surface area contributed by atoms with Crippen LogP contribution in [0.2, 0.25) is 5.02 Å². The summed E-state index contributed by atoms with van der Waals surface area (Å²) in [4.78, 5) is 20.2. The summed E-state index contributed by atoms with van der Waals surface area (Å²) in [5, 5.41) is 6.48. The third-order valence-electron chi connectivity index (χ3n) is 3.03. The van der Waals surface area contributed by atoms with Gasteiger partial charge in [-0.2, -0.15) is 0 Å². The summed E-state index contributed by atoms with van der Waals surface area (Å²) in [5.41, 5.74) is 1.04. The van der Waals surface area contributed by atoms with Gasteiger partial charge in [0.05, 0.1) is 23.1 Å². The second-order valence-electron chi connectivity index (χ2n) is 5.33. The molecule has 0 atom stereocenters. The maximum absolute atomic E-state index is 11.9. The molecule has 22 heavy (non-hydrogen) atoms. The molecule has 1 amide bonds. The van der Waals surface area contributed by atoms with Crippen LogP contribution < -0.4 is 10.6 Å². The average Bonchev–Trinajstić information content (AvgIpc) is 2.50. The van der Waals surface area contributed by atoms with E-state index < -0.39 is 0 Å². The Balaban J connectivity index is 1.95. The lowest BCUT2D eigenvalue weighted by Crippen LogP contribution is -2.26. The van der Waals surface area contributed by atoms with Gasteiger partial charge in [0.2, 0.25) is 0 Å². The van der Waals surface area contributed by atoms with Gasteiger partial charge < -0.3 is 10.6 Å². The van der Waals surface area contributed by atoms with Crippen molar-refractivity contribution in [1.82, 2.24) is 15.3 Å². The highest BCUT2D eigenvalue weighted by atomic mass is 35.5. The largest absolute Gasteiger partial charge is 0.351 e. The minimum atomic E-state index is -0.211. The maximum Gasteiger partial charge on any atom is 0.271 e. The van der Waals surface area contributed by atoms with Crippen LogP contribution in [0.1, 0.15) is 30.8 Å². The highest BCUT2D eigenvalue weighted by Crippen LogP contribution is 2.23. The first-order valence-electron chi connectivity index (χ1n) is 7.18. The van der Waals surface area contributed by atoms with Crippen molar-refractivity contribution in [2.45, 2.75) is 20.3 Å². The van der Waals surface area contributed by atoms with Gasteiger partial charge in [-0.05, 0) is 24.5 Å². The van der Waals surface area contributed by atoms with Crippen LogP contribution in [0.5, 0.6) is 0 Å². The maximum atomic E-state index is 11.9. The van der Waals surface area contributed by atoms with Crippen molar-refractivity contribution in [3.05, 3.63) is 47.4 Å². The number of nitrogens with zero attached hydrogens (tertiary/aromatic N) is 2.